The van der Waals surface area contributed by atoms with E-state index < -0.39 is 24.5 Å². The Morgan fingerprint density at radius 2 is 1.89 bits per heavy atom. The number of rotatable bonds is 6. The number of anilines is 1. The highest BCUT2D eigenvalue weighted by Crippen LogP contribution is 2.25. The summed E-state index contributed by atoms with van der Waals surface area (Å²) in [6.45, 7) is 2.19. The summed E-state index contributed by atoms with van der Waals surface area (Å²) in [6.07, 6.45) is -5.64. The van der Waals surface area contributed by atoms with Gasteiger partial charge in [-0.2, -0.15) is 13.2 Å². The van der Waals surface area contributed by atoms with Crippen LogP contribution < -0.4 is 10.6 Å². The van der Waals surface area contributed by atoms with Gasteiger partial charge in [0.05, 0.1) is 0 Å². The summed E-state index contributed by atoms with van der Waals surface area (Å²) in [7, 11) is 0. The molecule has 0 radical (unpaired) electrons. The van der Waals surface area contributed by atoms with E-state index in [0.717, 1.165) is 0 Å². The molecule has 0 heterocycles. The van der Waals surface area contributed by atoms with Crippen molar-refractivity contribution in [3.05, 3.63) is 30.3 Å². The summed E-state index contributed by atoms with van der Waals surface area (Å²) in [5.41, 5.74) is 5.92. The molecule has 0 saturated carbocycles. The van der Waals surface area contributed by atoms with Gasteiger partial charge in [0.1, 0.15) is 6.04 Å². The van der Waals surface area contributed by atoms with Gasteiger partial charge in [-0.3, -0.25) is 4.79 Å². The molecular formula is C13H17F3N2O. The standard InChI is InChI=1S/C13H17F3N2O/c1-2-18(10-6-4-3-5-7-10)11(12(17)19)8-9-13(14,15)16/h3-7,11H,2,8-9H2,1H3,(H2,17,19)/t11-/m1/s1. The second kappa shape index (κ2) is 6.45. The average molecular weight is 274 g/mol. The summed E-state index contributed by atoms with van der Waals surface area (Å²) in [6, 6.07) is 7.86. The van der Waals surface area contributed by atoms with Crippen LogP contribution in [0.3, 0.4) is 0 Å². The van der Waals surface area contributed by atoms with Gasteiger partial charge in [-0.15, -0.1) is 0 Å². The number of nitrogens with two attached hydrogens (primary N) is 1. The number of likely N-dealkylation sites (N-methyl/N-ethyl adjacent to an activating group) is 1. The van der Waals surface area contributed by atoms with Crippen molar-refractivity contribution in [2.24, 2.45) is 5.73 Å². The van der Waals surface area contributed by atoms with E-state index in [2.05, 4.69) is 0 Å². The Hall–Kier alpha value is -1.72. The molecule has 0 saturated heterocycles. The van der Waals surface area contributed by atoms with E-state index in [4.69, 9.17) is 5.73 Å². The number of primary amides is 1. The van der Waals surface area contributed by atoms with Crippen LogP contribution >= 0.6 is 0 Å². The van der Waals surface area contributed by atoms with Crippen LogP contribution in [0.15, 0.2) is 30.3 Å². The van der Waals surface area contributed by atoms with Crippen molar-refractivity contribution in [2.75, 3.05) is 11.4 Å². The predicted octanol–water partition coefficient (Wildman–Crippen LogP) is 2.71. The molecule has 0 fully saturated rings. The van der Waals surface area contributed by atoms with Gasteiger partial charge in [-0.1, -0.05) is 18.2 Å². The molecule has 0 aliphatic rings. The fourth-order valence-corrected chi connectivity index (χ4v) is 1.95. The Labute approximate surface area is 110 Å². The Morgan fingerprint density at radius 1 is 1.32 bits per heavy atom. The highest BCUT2D eigenvalue weighted by atomic mass is 19.4. The van der Waals surface area contributed by atoms with E-state index >= 15 is 0 Å². The van der Waals surface area contributed by atoms with Crippen LogP contribution in [-0.4, -0.2) is 24.7 Å². The summed E-state index contributed by atoms with van der Waals surface area (Å²) in [5.74, 6) is -0.741. The first kappa shape index (κ1) is 15.3. The van der Waals surface area contributed by atoms with Crippen LogP contribution in [0, 0.1) is 0 Å². The SMILES string of the molecule is CCN(c1ccccc1)[C@H](CCC(F)(F)F)C(N)=O. The zero-order valence-corrected chi connectivity index (χ0v) is 10.7. The number of alkyl halides is 3. The van der Waals surface area contributed by atoms with Crippen LogP contribution in [0.2, 0.25) is 0 Å². The maximum Gasteiger partial charge on any atom is 0.389 e. The number of carbonyl (C=O) groups is 1. The first-order valence-electron chi connectivity index (χ1n) is 6.03. The van der Waals surface area contributed by atoms with Crippen LogP contribution in [0.25, 0.3) is 0 Å². The van der Waals surface area contributed by atoms with E-state index in [9.17, 15) is 18.0 Å². The lowest BCUT2D eigenvalue weighted by Gasteiger charge is -2.30. The minimum atomic E-state index is -4.29. The van der Waals surface area contributed by atoms with Crippen LogP contribution in [0.1, 0.15) is 19.8 Å². The lowest BCUT2D eigenvalue weighted by Crippen LogP contribution is -2.45. The quantitative estimate of drug-likeness (QED) is 0.867. The molecule has 106 valence electrons. The van der Waals surface area contributed by atoms with Crippen molar-refractivity contribution in [1.82, 2.24) is 0 Å². The van der Waals surface area contributed by atoms with E-state index in [1.165, 1.54) is 0 Å². The molecule has 1 aromatic rings. The summed E-state index contributed by atoms with van der Waals surface area (Å²) < 4.78 is 36.8. The first-order chi connectivity index (χ1) is 8.85. The fraction of sp³-hybridized carbons (Fsp3) is 0.462. The molecule has 0 bridgehead atoms. The lowest BCUT2D eigenvalue weighted by atomic mass is 10.1. The highest BCUT2D eigenvalue weighted by molar-refractivity contribution is 5.83. The second-order valence-corrected chi connectivity index (χ2v) is 4.19. The molecule has 3 nitrogen and oxygen atoms in total. The van der Waals surface area contributed by atoms with Crippen LogP contribution in [-0.2, 0) is 4.79 Å². The van der Waals surface area contributed by atoms with Crippen molar-refractivity contribution in [1.29, 1.82) is 0 Å². The number of nitrogens with zero attached hydrogens (tertiary/aromatic N) is 1. The molecule has 0 spiro atoms. The van der Waals surface area contributed by atoms with E-state index in [1.807, 2.05) is 0 Å². The minimum Gasteiger partial charge on any atom is -0.368 e. The van der Waals surface area contributed by atoms with Gasteiger partial charge in [-0.25, -0.2) is 0 Å². The van der Waals surface area contributed by atoms with Gasteiger partial charge in [0.25, 0.3) is 0 Å². The van der Waals surface area contributed by atoms with Gasteiger partial charge in [0, 0.05) is 18.7 Å². The zero-order valence-electron chi connectivity index (χ0n) is 10.7. The smallest absolute Gasteiger partial charge is 0.368 e. The topological polar surface area (TPSA) is 46.3 Å². The van der Waals surface area contributed by atoms with Crippen molar-refractivity contribution < 1.29 is 18.0 Å². The second-order valence-electron chi connectivity index (χ2n) is 4.19. The third kappa shape index (κ3) is 4.81. The third-order valence-electron chi connectivity index (χ3n) is 2.83. The van der Waals surface area contributed by atoms with Gasteiger partial charge < -0.3 is 10.6 Å². The number of amides is 1. The molecular weight excluding hydrogens is 257 g/mol. The summed E-state index contributed by atoms with van der Waals surface area (Å²) in [4.78, 5) is 13.0. The van der Waals surface area contributed by atoms with E-state index in [0.29, 0.717) is 12.2 Å². The zero-order chi connectivity index (χ0) is 14.5. The Morgan fingerprint density at radius 3 is 2.32 bits per heavy atom. The predicted molar refractivity (Wildman–Crippen MR) is 67.7 cm³/mol. The Kier molecular flexibility index (Phi) is 5.20. The number of hydrogen-bond donors (Lipinski definition) is 1. The molecule has 1 atom stereocenters. The van der Waals surface area contributed by atoms with E-state index in [1.54, 1.807) is 42.2 Å². The van der Waals surface area contributed by atoms with Crippen LogP contribution in [0.4, 0.5) is 18.9 Å². The van der Waals surface area contributed by atoms with Gasteiger partial charge >= 0.3 is 6.18 Å². The molecule has 0 unspecified atom stereocenters. The first-order valence-corrected chi connectivity index (χ1v) is 6.03. The Bertz CT molecular complexity index is 406. The average Bonchev–Trinajstić information content (AvgIpc) is 2.33. The fourth-order valence-electron chi connectivity index (χ4n) is 1.95. The lowest BCUT2D eigenvalue weighted by molar-refractivity contribution is -0.138. The Balaban J connectivity index is 2.87. The molecule has 1 rings (SSSR count). The number of benzene rings is 1. The molecule has 2 N–H and O–H groups in total. The largest absolute Gasteiger partial charge is 0.389 e. The van der Waals surface area contributed by atoms with Gasteiger partial charge in [0.2, 0.25) is 5.91 Å². The van der Waals surface area contributed by atoms with Crippen molar-refractivity contribution in [3.63, 3.8) is 0 Å². The maximum atomic E-state index is 12.3. The minimum absolute atomic E-state index is 0.332. The van der Waals surface area contributed by atoms with Gasteiger partial charge in [0.15, 0.2) is 0 Å². The number of carbonyl (C=O) groups excluding carboxylic acids is 1. The normalized spacial score (nSPS) is 13.1. The summed E-state index contributed by atoms with van der Waals surface area (Å²) in [5, 5.41) is 0. The summed E-state index contributed by atoms with van der Waals surface area (Å²) >= 11 is 0. The molecule has 0 aliphatic carbocycles. The highest BCUT2D eigenvalue weighted by Gasteiger charge is 2.32. The number of para-hydroxylation sites is 1. The van der Waals surface area contributed by atoms with Crippen molar-refractivity contribution >= 4 is 11.6 Å². The van der Waals surface area contributed by atoms with Gasteiger partial charge in [-0.05, 0) is 25.5 Å². The van der Waals surface area contributed by atoms with Crippen LogP contribution in [0.5, 0.6) is 0 Å². The molecule has 1 aromatic carbocycles. The molecule has 19 heavy (non-hydrogen) atoms. The third-order valence-corrected chi connectivity index (χ3v) is 2.83. The van der Waals surface area contributed by atoms with Crippen molar-refractivity contribution in [2.45, 2.75) is 32.0 Å². The monoisotopic (exact) mass is 274 g/mol. The molecule has 0 aromatic heterocycles. The molecule has 0 aliphatic heterocycles. The van der Waals surface area contributed by atoms with Crippen molar-refractivity contribution in [3.8, 4) is 0 Å². The maximum absolute atomic E-state index is 12.3. The van der Waals surface area contributed by atoms with E-state index in [-0.39, 0.29) is 6.42 Å². The molecule has 1 amide bonds. The molecule has 6 heteroatoms. The number of hydrogen-bond acceptors (Lipinski definition) is 2. The number of halogens is 3.